The number of rotatable bonds is 3. The van der Waals surface area contributed by atoms with E-state index in [1.54, 1.807) is 0 Å². The Balaban J connectivity index is 4.49. The molecule has 6 heteroatoms. The highest BCUT2D eigenvalue weighted by Crippen LogP contribution is 2.22. The maximum absolute atomic E-state index is 10.2. The SMILES string of the molecule is C[C@H](O)[C@H]([N+](=O)[O-])[C@](C)(O)Br. The minimum atomic E-state index is -1.68. The normalized spacial score (nSPS) is 21.9. The molecule has 0 aliphatic heterocycles. The third-order valence-corrected chi connectivity index (χ3v) is 1.69. The van der Waals surface area contributed by atoms with Gasteiger partial charge in [-0.25, -0.2) is 0 Å². The van der Waals surface area contributed by atoms with E-state index in [2.05, 4.69) is 15.9 Å². The fourth-order valence-corrected chi connectivity index (χ4v) is 1.36. The van der Waals surface area contributed by atoms with E-state index in [1.165, 1.54) is 13.8 Å². The molecule has 0 saturated heterocycles. The van der Waals surface area contributed by atoms with Crippen molar-refractivity contribution >= 4 is 15.9 Å². The zero-order valence-electron chi connectivity index (χ0n) is 6.19. The summed E-state index contributed by atoms with van der Waals surface area (Å²) >= 11 is 2.70. The molecule has 0 unspecified atom stereocenters. The number of hydrogen-bond acceptors (Lipinski definition) is 4. The molecule has 0 fully saturated rings. The number of nitro groups is 1. The van der Waals surface area contributed by atoms with Gasteiger partial charge in [0.1, 0.15) is 6.10 Å². The molecule has 0 aromatic heterocycles. The second-order valence-electron chi connectivity index (χ2n) is 2.49. The van der Waals surface area contributed by atoms with Crippen LogP contribution in [-0.2, 0) is 0 Å². The monoisotopic (exact) mass is 227 g/mol. The standard InChI is InChI=1S/C5H10BrNO4/c1-3(8)4(7(10)11)5(2,6)9/h3-4,8-9H,1-2H3/t3-,4-,5-/m0/s1. The summed E-state index contributed by atoms with van der Waals surface area (Å²) in [5, 5.41) is 28.3. The van der Waals surface area contributed by atoms with E-state index in [1.807, 2.05) is 0 Å². The summed E-state index contributed by atoms with van der Waals surface area (Å²) < 4.78 is -1.68. The Kier molecular flexibility index (Phi) is 3.40. The fraction of sp³-hybridized carbons (Fsp3) is 1.00. The van der Waals surface area contributed by atoms with Crippen LogP contribution >= 0.6 is 15.9 Å². The number of aliphatic hydroxyl groups is 2. The molecule has 66 valence electrons. The first kappa shape index (κ1) is 10.8. The summed E-state index contributed by atoms with van der Waals surface area (Å²) in [5.74, 6) is 0. The third kappa shape index (κ3) is 3.13. The zero-order chi connectivity index (χ0) is 9.23. The number of aliphatic hydroxyl groups excluding tert-OH is 1. The zero-order valence-corrected chi connectivity index (χ0v) is 7.78. The van der Waals surface area contributed by atoms with Crippen molar-refractivity contribution in [2.75, 3.05) is 0 Å². The maximum Gasteiger partial charge on any atom is 0.275 e. The van der Waals surface area contributed by atoms with E-state index in [0.717, 1.165) is 0 Å². The average Bonchev–Trinajstić information content (AvgIpc) is 1.54. The van der Waals surface area contributed by atoms with Gasteiger partial charge >= 0.3 is 0 Å². The van der Waals surface area contributed by atoms with Gasteiger partial charge in [-0.05, 0) is 29.8 Å². The van der Waals surface area contributed by atoms with Gasteiger partial charge in [-0.15, -0.1) is 0 Å². The summed E-state index contributed by atoms with van der Waals surface area (Å²) in [6.45, 7) is 2.47. The molecule has 0 bridgehead atoms. The van der Waals surface area contributed by atoms with Crippen molar-refractivity contribution in [3.8, 4) is 0 Å². The van der Waals surface area contributed by atoms with Crippen LogP contribution in [-0.4, -0.2) is 31.8 Å². The molecule has 0 aliphatic rings. The summed E-state index contributed by atoms with van der Waals surface area (Å²) in [5.41, 5.74) is 0. The van der Waals surface area contributed by atoms with Gasteiger partial charge in [-0.1, -0.05) is 0 Å². The summed E-state index contributed by atoms with van der Waals surface area (Å²) in [6, 6.07) is -1.41. The minimum Gasteiger partial charge on any atom is -0.386 e. The molecule has 0 amide bonds. The van der Waals surface area contributed by atoms with E-state index in [-0.39, 0.29) is 0 Å². The molecule has 0 spiro atoms. The first-order chi connectivity index (χ1) is 4.76. The van der Waals surface area contributed by atoms with Crippen LogP contribution in [0.1, 0.15) is 13.8 Å². The van der Waals surface area contributed by atoms with E-state index in [4.69, 9.17) is 10.2 Å². The van der Waals surface area contributed by atoms with Crippen LogP contribution in [0.3, 0.4) is 0 Å². The lowest BCUT2D eigenvalue weighted by molar-refractivity contribution is -0.547. The molecule has 0 rings (SSSR count). The number of nitrogens with zero attached hydrogens (tertiary/aromatic N) is 1. The van der Waals surface area contributed by atoms with Crippen LogP contribution in [0, 0.1) is 10.1 Å². The predicted octanol–water partition coefficient (Wildman–Crippen LogP) is 0.116. The molecule has 3 atom stereocenters. The Morgan fingerprint density at radius 2 is 2.09 bits per heavy atom. The van der Waals surface area contributed by atoms with Crippen molar-refractivity contribution < 1.29 is 15.1 Å². The first-order valence-electron chi connectivity index (χ1n) is 2.99. The lowest BCUT2D eigenvalue weighted by atomic mass is 10.1. The third-order valence-electron chi connectivity index (χ3n) is 1.22. The molecular weight excluding hydrogens is 218 g/mol. The quantitative estimate of drug-likeness (QED) is 0.408. The van der Waals surface area contributed by atoms with E-state index in [0.29, 0.717) is 0 Å². The molecule has 2 N–H and O–H groups in total. The van der Waals surface area contributed by atoms with Crippen LogP contribution in [0.15, 0.2) is 0 Å². The molecule has 0 radical (unpaired) electrons. The van der Waals surface area contributed by atoms with Crippen molar-refractivity contribution in [1.29, 1.82) is 0 Å². The van der Waals surface area contributed by atoms with Gasteiger partial charge in [0.15, 0.2) is 4.51 Å². The molecule has 0 aromatic rings. The smallest absolute Gasteiger partial charge is 0.275 e. The summed E-state index contributed by atoms with van der Waals surface area (Å²) in [7, 11) is 0. The molecule has 0 aliphatic carbocycles. The van der Waals surface area contributed by atoms with Crippen LogP contribution in [0.5, 0.6) is 0 Å². The number of alkyl halides is 1. The van der Waals surface area contributed by atoms with Gasteiger partial charge in [0.25, 0.3) is 6.04 Å². The Morgan fingerprint density at radius 1 is 1.73 bits per heavy atom. The molecule has 0 heterocycles. The second-order valence-corrected chi connectivity index (χ2v) is 4.10. The van der Waals surface area contributed by atoms with E-state index < -0.39 is 21.6 Å². The van der Waals surface area contributed by atoms with Crippen molar-refractivity contribution in [3.63, 3.8) is 0 Å². The minimum absolute atomic E-state index is 0.723. The van der Waals surface area contributed by atoms with Gasteiger partial charge in [-0.3, -0.25) is 10.1 Å². The highest BCUT2D eigenvalue weighted by molar-refractivity contribution is 9.10. The van der Waals surface area contributed by atoms with Crippen molar-refractivity contribution in [2.45, 2.75) is 30.5 Å². The van der Waals surface area contributed by atoms with Crippen LogP contribution in [0.2, 0.25) is 0 Å². The van der Waals surface area contributed by atoms with Crippen LogP contribution < -0.4 is 0 Å². The number of halogens is 1. The molecule has 5 nitrogen and oxygen atoms in total. The topological polar surface area (TPSA) is 83.6 Å². The Labute approximate surface area is 72.3 Å². The maximum atomic E-state index is 10.2. The number of hydrogen-bond donors (Lipinski definition) is 2. The lowest BCUT2D eigenvalue weighted by Crippen LogP contribution is -2.46. The van der Waals surface area contributed by atoms with E-state index >= 15 is 0 Å². The van der Waals surface area contributed by atoms with Gasteiger partial charge in [0.05, 0.1) is 0 Å². The summed E-state index contributed by atoms with van der Waals surface area (Å²) in [4.78, 5) is 9.52. The van der Waals surface area contributed by atoms with Gasteiger partial charge in [0.2, 0.25) is 0 Å². The molecule has 0 aromatic carbocycles. The second kappa shape index (κ2) is 3.46. The van der Waals surface area contributed by atoms with Crippen molar-refractivity contribution in [3.05, 3.63) is 10.1 Å². The molecule has 11 heavy (non-hydrogen) atoms. The van der Waals surface area contributed by atoms with Crippen molar-refractivity contribution in [1.82, 2.24) is 0 Å². The molecule has 0 saturated carbocycles. The Morgan fingerprint density at radius 3 is 2.09 bits per heavy atom. The lowest BCUT2D eigenvalue weighted by Gasteiger charge is -2.21. The first-order valence-corrected chi connectivity index (χ1v) is 3.79. The highest BCUT2D eigenvalue weighted by atomic mass is 79.9. The highest BCUT2D eigenvalue weighted by Gasteiger charge is 2.42. The Hall–Kier alpha value is -0.200. The largest absolute Gasteiger partial charge is 0.386 e. The predicted molar refractivity (Wildman–Crippen MR) is 42.0 cm³/mol. The average molecular weight is 228 g/mol. The van der Waals surface area contributed by atoms with Gasteiger partial charge in [0, 0.05) is 4.92 Å². The Bertz CT molecular complexity index is 153. The van der Waals surface area contributed by atoms with E-state index in [9.17, 15) is 10.1 Å². The van der Waals surface area contributed by atoms with Gasteiger partial charge in [-0.2, -0.15) is 0 Å². The van der Waals surface area contributed by atoms with Crippen molar-refractivity contribution in [2.24, 2.45) is 0 Å². The summed E-state index contributed by atoms with van der Waals surface area (Å²) in [6.07, 6.45) is -1.20. The van der Waals surface area contributed by atoms with Gasteiger partial charge < -0.3 is 10.2 Å². The molecular formula is C5H10BrNO4. The fourth-order valence-electron chi connectivity index (χ4n) is 0.809. The van der Waals surface area contributed by atoms with Crippen LogP contribution in [0.4, 0.5) is 0 Å². The van der Waals surface area contributed by atoms with Crippen LogP contribution in [0.25, 0.3) is 0 Å².